The number of hydrogen-bond donors (Lipinski definition) is 4. The van der Waals surface area contributed by atoms with E-state index >= 15 is 0 Å². The summed E-state index contributed by atoms with van der Waals surface area (Å²) in [5, 5.41) is 42.3. The van der Waals surface area contributed by atoms with Crippen LogP contribution >= 0.6 is 0 Å². The minimum Gasteiger partial charge on any atom is -0.459 e. The lowest BCUT2D eigenvalue weighted by molar-refractivity contribution is -0.192. The summed E-state index contributed by atoms with van der Waals surface area (Å²) in [5.74, 6) is -3.61. The number of carbonyl (C=O) groups is 2. The first-order valence-electron chi connectivity index (χ1n) is 9.85. The highest BCUT2D eigenvalue weighted by molar-refractivity contribution is 5.83. The molecule has 0 bridgehead atoms. The molecule has 7 nitrogen and oxygen atoms in total. The Balaban J connectivity index is 3.26. The van der Waals surface area contributed by atoms with Crippen LogP contribution in [0.15, 0.2) is 0 Å². The Kier molecular flexibility index (Phi) is 8.41. The predicted molar refractivity (Wildman–Crippen MR) is 99.7 cm³/mol. The van der Waals surface area contributed by atoms with Crippen molar-refractivity contribution in [2.45, 2.75) is 90.8 Å². The smallest absolute Gasteiger partial charge is 0.311 e. The van der Waals surface area contributed by atoms with E-state index in [2.05, 4.69) is 0 Å². The Hall–Kier alpha value is -1.02. The van der Waals surface area contributed by atoms with E-state index in [1.807, 2.05) is 0 Å². The van der Waals surface area contributed by atoms with Crippen LogP contribution in [0.3, 0.4) is 0 Å². The molecule has 0 spiro atoms. The maximum absolute atomic E-state index is 12.7. The standard InChI is InChI=1S/C20H36O7/c1-7-15-20(6,26)18(24)12(4)16(22)10(2)8-14(21)9-11(3)17(23)13(5)19(25)27-15/h10-15,17-18,21,23-24,26H,7-9H2,1-6H3/t10-,11-,12+,13-,14-,15-,17+,18-,20-/m1/s1. The molecule has 0 aromatic rings. The molecule has 0 radical (unpaired) electrons. The molecule has 0 aromatic carbocycles. The summed E-state index contributed by atoms with van der Waals surface area (Å²) in [6, 6.07) is 0. The van der Waals surface area contributed by atoms with Crippen LogP contribution < -0.4 is 0 Å². The fourth-order valence-electron chi connectivity index (χ4n) is 3.99. The van der Waals surface area contributed by atoms with Crippen LogP contribution in [-0.2, 0) is 14.3 Å². The third-order valence-corrected chi connectivity index (χ3v) is 6.02. The second-order valence-corrected chi connectivity index (χ2v) is 8.48. The molecule has 0 aliphatic carbocycles. The van der Waals surface area contributed by atoms with E-state index in [1.54, 1.807) is 20.8 Å². The third kappa shape index (κ3) is 5.50. The van der Waals surface area contributed by atoms with Gasteiger partial charge in [0.05, 0.1) is 24.2 Å². The maximum Gasteiger partial charge on any atom is 0.311 e. The summed E-state index contributed by atoms with van der Waals surface area (Å²) in [6.07, 6.45) is -3.66. The van der Waals surface area contributed by atoms with Gasteiger partial charge in [0, 0.05) is 11.8 Å². The molecule has 4 N–H and O–H groups in total. The third-order valence-electron chi connectivity index (χ3n) is 6.02. The van der Waals surface area contributed by atoms with Crippen molar-refractivity contribution in [2.24, 2.45) is 23.7 Å². The second kappa shape index (κ2) is 9.45. The Morgan fingerprint density at radius 2 is 1.59 bits per heavy atom. The highest BCUT2D eigenvalue weighted by atomic mass is 16.6. The lowest BCUT2D eigenvalue weighted by atomic mass is 9.78. The molecular formula is C20H36O7. The lowest BCUT2D eigenvalue weighted by Crippen LogP contribution is -2.56. The molecule has 1 aliphatic heterocycles. The number of hydrogen-bond acceptors (Lipinski definition) is 7. The van der Waals surface area contributed by atoms with Crippen LogP contribution in [0.5, 0.6) is 0 Å². The molecule has 0 aromatic heterocycles. The fraction of sp³-hybridized carbons (Fsp3) is 0.900. The summed E-state index contributed by atoms with van der Waals surface area (Å²) >= 11 is 0. The quantitative estimate of drug-likeness (QED) is 0.495. The van der Waals surface area contributed by atoms with Crippen LogP contribution in [0.4, 0.5) is 0 Å². The van der Waals surface area contributed by atoms with Crippen molar-refractivity contribution < 1.29 is 34.8 Å². The largest absolute Gasteiger partial charge is 0.459 e. The number of carbonyl (C=O) groups excluding carboxylic acids is 2. The summed E-state index contributed by atoms with van der Waals surface area (Å²) < 4.78 is 5.42. The number of cyclic esters (lactones) is 1. The zero-order chi connectivity index (χ0) is 21.1. The van der Waals surface area contributed by atoms with E-state index in [4.69, 9.17) is 4.74 Å². The van der Waals surface area contributed by atoms with Gasteiger partial charge in [-0.2, -0.15) is 0 Å². The summed E-state index contributed by atoms with van der Waals surface area (Å²) in [7, 11) is 0. The van der Waals surface area contributed by atoms with Crippen molar-refractivity contribution >= 4 is 11.8 Å². The summed E-state index contributed by atoms with van der Waals surface area (Å²) in [4.78, 5) is 25.2. The van der Waals surface area contributed by atoms with Gasteiger partial charge in [0.25, 0.3) is 0 Å². The Labute approximate surface area is 161 Å². The van der Waals surface area contributed by atoms with Crippen molar-refractivity contribution in [3.8, 4) is 0 Å². The van der Waals surface area contributed by atoms with Crippen molar-refractivity contribution in [2.75, 3.05) is 0 Å². The Morgan fingerprint density at radius 1 is 1.04 bits per heavy atom. The van der Waals surface area contributed by atoms with Gasteiger partial charge in [-0.3, -0.25) is 9.59 Å². The molecule has 7 heteroatoms. The average molecular weight is 389 g/mol. The van der Waals surface area contributed by atoms with Gasteiger partial charge in [-0.1, -0.05) is 27.7 Å². The zero-order valence-corrected chi connectivity index (χ0v) is 17.3. The molecule has 1 rings (SSSR count). The van der Waals surface area contributed by atoms with Gasteiger partial charge in [-0.05, 0) is 39.0 Å². The van der Waals surface area contributed by atoms with Gasteiger partial charge in [-0.25, -0.2) is 0 Å². The van der Waals surface area contributed by atoms with Gasteiger partial charge in [0.1, 0.15) is 17.5 Å². The first kappa shape index (κ1) is 24.0. The number of aliphatic hydroxyl groups excluding tert-OH is 3. The molecule has 27 heavy (non-hydrogen) atoms. The second-order valence-electron chi connectivity index (χ2n) is 8.48. The normalized spacial score (nSPS) is 45.9. The fourth-order valence-corrected chi connectivity index (χ4v) is 3.99. The van der Waals surface area contributed by atoms with Gasteiger partial charge < -0.3 is 25.2 Å². The number of rotatable bonds is 1. The van der Waals surface area contributed by atoms with E-state index in [9.17, 15) is 30.0 Å². The van der Waals surface area contributed by atoms with Crippen LogP contribution in [0.25, 0.3) is 0 Å². The zero-order valence-electron chi connectivity index (χ0n) is 17.3. The minimum absolute atomic E-state index is 0.186. The van der Waals surface area contributed by atoms with E-state index < -0.39 is 53.7 Å². The van der Waals surface area contributed by atoms with E-state index in [1.165, 1.54) is 20.8 Å². The Morgan fingerprint density at radius 3 is 2.11 bits per heavy atom. The van der Waals surface area contributed by atoms with Crippen molar-refractivity contribution in [3.05, 3.63) is 0 Å². The monoisotopic (exact) mass is 388 g/mol. The van der Waals surface area contributed by atoms with E-state index in [0.717, 1.165) is 0 Å². The average Bonchev–Trinajstić information content (AvgIpc) is 2.61. The summed E-state index contributed by atoms with van der Waals surface area (Å²) in [6.45, 7) is 9.52. The van der Waals surface area contributed by atoms with Crippen molar-refractivity contribution in [1.82, 2.24) is 0 Å². The van der Waals surface area contributed by atoms with Gasteiger partial charge in [0.15, 0.2) is 0 Å². The molecule has 1 heterocycles. The van der Waals surface area contributed by atoms with Crippen LogP contribution in [0.1, 0.15) is 60.8 Å². The number of aliphatic hydroxyl groups is 4. The van der Waals surface area contributed by atoms with Crippen molar-refractivity contribution in [1.29, 1.82) is 0 Å². The van der Waals surface area contributed by atoms with Crippen LogP contribution in [-0.4, -0.2) is 62.2 Å². The predicted octanol–water partition coefficient (Wildman–Crippen LogP) is 1.05. The highest BCUT2D eigenvalue weighted by Crippen LogP contribution is 2.31. The first-order chi connectivity index (χ1) is 12.3. The molecular weight excluding hydrogens is 352 g/mol. The topological polar surface area (TPSA) is 124 Å². The van der Waals surface area contributed by atoms with Crippen molar-refractivity contribution in [3.63, 3.8) is 0 Å². The van der Waals surface area contributed by atoms with E-state index in [-0.39, 0.29) is 31.0 Å². The molecule has 158 valence electrons. The SMILES string of the molecule is CC[C@H]1OC(=O)[C@H](C)[C@@H](O)[C@H](C)C[C@H](O)C[C@@H](C)C(=O)[C@H](C)[C@@H](O)[C@]1(C)O. The highest BCUT2D eigenvalue weighted by Gasteiger charge is 2.46. The molecule has 0 saturated carbocycles. The van der Waals surface area contributed by atoms with Gasteiger partial charge in [0.2, 0.25) is 0 Å². The lowest BCUT2D eigenvalue weighted by Gasteiger charge is -2.39. The van der Waals surface area contributed by atoms with Crippen LogP contribution in [0, 0.1) is 23.7 Å². The number of ketones is 1. The maximum atomic E-state index is 12.7. The number of Topliss-reactive ketones (excluding diaryl/α,β-unsaturated/α-hetero) is 1. The van der Waals surface area contributed by atoms with E-state index in [0.29, 0.717) is 0 Å². The Bertz CT molecular complexity index is 518. The molecule has 0 unspecified atom stereocenters. The molecule has 1 aliphatic rings. The molecule has 9 atom stereocenters. The first-order valence-corrected chi connectivity index (χ1v) is 9.85. The molecule has 1 fully saturated rings. The van der Waals surface area contributed by atoms with Gasteiger partial charge in [-0.15, -0.1) is 0 Å². The number of ether oxygens (including phenoxy) is 1. The molecule has 1 saturated heterocycles. The number of esters is 1. The van der Waals surface area contributed by atoms with Gasteiger partial charge >= 0.3 is 5.97 Å². The minimum atomic E-state index is -1.84. The van der Waals surface area contributed by atoms with Crippen LogP contribution in [0.2, 0.25) is 0 Å². The summed E-state index contributed by atoms with van der Waals surface area (Å²) in [5.41, 5.74) is -1.84. The molecule has 0 amide bonds.